The highest BCUT2D eigenvalue weighted by Crippen LogP contribution is 2.22. The van der Waals surface area contributed by atoms with Crippen LogP contribution in [0.3, 0.4) is 0 Å². The minimum atomic E-state index is 0.657. The van der Waals surface area contributed by atoms with Crippen molar-refractivity contribution < 1.29 is 0 Å². The molecule has 2 rings (SSSR count). The summed E-state index contributed by atoms with van der Waals surface area (Å²) in [6.07, 6.45) is 0. The molecule has 0 aromatic heterocycles. The van der Waals surface area contributed by atoms with E-state index in [1.165, 1.54) is 0 Å². The Morgan fingerprint density at radius 3 is 2.56 bits per heavy atom. The van der Waals surface area contributed by atoms with Crippen LogP contribution in [0.2, 0.25) is 5.02 Å². The highest BCUT2D eigenvalue weighted by Gasteiger charge is 2.01. The van der Waals surface area contributed by atoms with Crippen LogP contribution in [0.4, 0.5) is 5.69 Å². The Morgan fingerprint density at radius 2 is 1.89 bits per heavy atom. The summed E-state index contributed by atoms with van der Waals surface area (Å²) in [5, 5.41) is 12.7. The van der Waals surface area contributed by atoms with Crippen molar-refractivity contribution in [1.82, 2.24) is 0 Å². The third kappa shape index (κ3) is 3.25. The molecule has 0 unspecified atom stereocenters. The van der Waals surface area contributed by atoms with E-state index < -0.39 is 0 Å². The highest BCUT2D eigenvalue weighted by molar-refractivity contribution is 9.10. The van der Waals surface area contributed by atoms with E-state index >= 15 is 0 Å². The molecule has 4 heteroatoms. The van der Waals surface area contributed by atoms with Gasteiger partial charge in [0.25, 0.3) is 0 Å². The van der Waals surface area contributed by atoms with Gasteiger partial charge in [0.05, 0.1) is 11.6 Å². The van der Waals surface area contributed by atoms with Crippen molar-refractivity contribution >= 4 is 33.2 Å². The monoisotopic (exact) mass is 320 g/mol. The fourth-order valence-corrected chi connectivity index (χ4v) is 2.12. The van der Waals surface area contributed by atoms with Gasteiger partial charge in [0, 0.05) is 21.7 Å². The van der Waals surface area contributed by atoms with Gasteiger partial charge >= 0.3 is 0 Å². The molecule has 0 fully saturated rings. The molecule has 0 spiro atoms. The molecular weight excluding hydrogens is 312 g/mol. The fraction of sp³-hybridized carbons (Fsp3) is 0.0714. The van der Waals surface area contributed by atoms with Gasteiger partial charge in [-0.1, -0.05) is 27.5 Å². The minimum absolute atomic E-state index is 0.657. The second-order valence-electron chi connectivity index (χ2n) is 3.78. The number of hydrogen-bond acceptors (Lipinski definition) is 2. The van der Waals surface area contributed by atoms with Crippen molar-refractivity contribution in [2.75, 3.05) is 5.32 Å². The van der Waals surface area contributed by atoms with Crippen LogP contribution >= 0.6 is 27.5 Å². The lowest BCUT2D eigenvalue weighted by Gasteiger charge is -2.08. The molecule has 0 aliphatic carbocycles. The lowest BCUT2D eigenvalue weighted by molar-refractivity contribution is 1.14. The van der Waals surface area contributed by atoms with E-state index in [0.29, 0.717) is 12.1 Å². The maximum Gasteiger partial charge on any atom is 0.0991 e. The molecule has 18 heavy (non-hydrogen) atoms. The lowest BCUT2D eigenvalue weighted by Crippen LogP contribution is -2.00. The minimum Gasteiger partial charge on any atom is -0.381 e. The van der Waals surface area contributed by atoms with Gasteiger partial charge in [-0.05, 0) is 48.0 Å². The first kappa shape index (κ1) is 12.9. The quantitative estimate of drug-likeness (QED) is 0.897. The van der Waals surface area contributed by atoms with Crippen LogP contribution in [-0.4, -0.2) is 0 Å². The number of rotatable bonds is 3. The Bertz CT molecular complexity index is 588. The van der Waals surface area contributed by atoms with Crippen LogP contribution in [0.5, 0.6) is 0 Å². The van der Waals surface area contributed by atoms with E-state index in [1.807, 2.05) is 30.3 Å². The van der Waals surface area contributed by atoms with Gasteiger partial charge in [-0.3, -0.25) is 0 Å². The Hall–Kier alpha value is -1.50. The Labute approximate surface area is 119 Å². The molecule has 0 bridgehead atoms. The summed E-state index contributed by atoms with van der Waals surface area (Å²) >= 11 is 9.44. The number of benzene rings is 2. The van der Waals surface area contributed by atoms with Crippen molar-refractivity contribution in [3.05, 3.63) is 63.1 Å². The normalized spacial score (nSPS) is 9.83. The predicted octanol–water partition coefficient (Wildman–Crippen LogP) is 4.59. The summed E-state index contributed by atoms with van der Waals surface area (Å²) in [6.45, 7) is 0.674. The number of nitriles is 1. The standard InChI is InChI=1S/C14H10BrClN2/c15-14-6-3-12(16)7-11(14)9-18-13-4-1-10(8-17)2-5-13/h1-7,18H,9H2. The van der Waals surface area contributed by atoms with E-state index in [1.54, 1.807) is 12.1 Å². The summed E-state index contributed by atoms with van der Waals surface area (Å²) in [7, 11) is 0. The smallest absolute Gasteiger partial charge is 0.0991 e. The van der Waals surface area contributed by atoms with E-state index in [4.69, 9.17) is 16.9 Å². The molecule has 1 N–H and O–H groups in total. The average molecular weight is 322 g/mol. The molecule has 0 saturated heterocycles. The third-order valence-electron chi connectivity index (χ3n) is 2.50. The van der Waals surface area contributed by atoms with Crippen molar-refractivity contribution in [2.45, 2.75) is 6.54 Å². The zero-order valence-electron chi connectivity index (χ0n) is 9.45. The summed E-state index contributed by atoms with van der Waals surface area (Å²) in [5.74, 6) is 0. The van der Waals surface area contributed by atoms with Gasteiger partial charge < -0.3 is 5.32 Å². The predicted molar refractivity (Wildman–Crippen MR) is 77.6 cm³/mol. The molecule has 90 valence electrons. The van der Waals surface area contributed by atoms with E-state index in [-0.39, 0.29) is 0 Å². The van der Waals surface area contributed by atoms with Gasteiger partial charge in [0.15, 0.2) is 0 Å². The van der Waals surface area contributed by atoms with Crippen molar-refractivity contribution in [2.24, 2.45) is 0 Å². The van der Waals surface area contributed by atoms with E-state index in [2.05, 4.69) is 27.3 Å². The summed E-state index contributed by atoms with van der Waals surface area (Å²) < 4.78 is 1.02. The van der Waals surface area contributed by atoms with E-state index in [0.717, 1.165) is 20.7 Å². The second-order valence-corrected chi connectivity index (χ2v) is 5.07. The van der Waals surface area contributed by atoms with Crippen LogP contribution in [0.1, 0.15) is 11.1 Å². The van der Waals surface area contributed by atoms with Crippen LogP contribution in [0.25, 0.3) is 0 Å². The first-order chi connectivity index (χ1) is 8.69. The van der Waals surface area contributed by atoms with Crippen LogP contribution < -0.4 is 5.32 Å². The molecule has 0 radical (unpaired) electrons. The van der Waals surface area contributed by atoms with E-state index in [9.17, 15) is 0 Å². The Morgan fingerprint density at radius 1 is 1.17 bits per heavy atom. The number of nitrogens with zero attached hydrogens (tertiary/aromatic N) is 1. The number of anilines is 1. The molecule has 0 saturated carbocycles. The van der Waals surface area contributed by atoms with Crippen LogP contribution in [-0.2, 0) is 6.54 Å². The Balaban J connectivity index is 2.07. The topological polar surface area (TPSA) is 35.8 Å². The average Bonchev–Trinajstić information content (AvgIpc) is 2.40. The van der Waals surface area contributed by atoms with Crippen molar-refractivity contribution in [3.8, 4) is 6.07 Å². The SMILES string of the molecule is N#Cc1ccc(NCc2cc(Cl)ccc2Br)cc1. The maximum absolute atomic E-state index is 8.71. The van der Waals surface area contributed by atoms with Gasteiger partial charge in [-0.25, -0.2) is 0 Å². The van der Waals surface area contributed by atoms with Gasteiger partial charge in [0.1, 0.15) is 0 Å². The molecule has 0 aliphatic rings. The summed E-state index contributed by atoms with van der Waals surface area (Å²) in [6, 6.07) is 15.1. The lowest BCUT2D eigenvalue weighted by atomic mass is 10.2. The van der Waals surface area contributed by atoms with Crippen molar-refractivity contribution in [1.29, 1.82) is 5.26 Å². The molecule has 0 amide bonds. The number of nitrogens with one attached hydrogen (secondary N) is 1. The molecule has 2 aromatic carbocycles. The van der Waals surface area contributed by atoms with Crippen LogP contribution in [0.15, 0.2) is 46.9 Å². The zero-order valence-corrected chi connectivity index (χ0v) is 11.8. The first-order valence-corrected chi connectivity index (χ1v) is 6.54. The van der Waals surface area contributed by atoms with Crippen molar-refractivity contribution in [3.63, 3.8) is 0 Å². The molecule has 0 atom stereocenters. The summed E-state index contributed by atoms with van der Waals surface area (Å²) in [4.78, 5) is 0. The van der Waals surface area contributed by atoms with Gasteiger partial charge in [-0.2, -0.15) is 5.26 Å². The van der Waals surface area contributed by atoms with Gasteiger partial charge in [-0.15, -0.1) is 0 Å². The second kappa shape index (κ2) is 5.90. The molecule has 0 heterocycles. The van der Waals surface area contributed by atoms with Gasteiger partial charge in [0.2, 0.25) is 0 Å². The maximum atomic E-state index is 8.71. The third-order valence-corrected chi connectivity index (χ3v) is 3.51. The summed E-state index contributed by atoms with van der Waals surface area (Å²) in [5.41, 5.74) is 2.72. The Kier molecular flexibility index (Phi) is 4.24. The number of halogens is 2. The zero-order chi connectivity index (χ0) is 13.0. The molecule has 0 aliphatic heterocycles. The number of hydrogen-bond donors (Lipinski definition) is 1. The first-order valence-electron chi connectivity index (χ1n) is 5.37. The molecule has 2 nitrogen and oxygen atoms in total. The molecule has 2 aromatic rings. The van der Waals surface area contributed by atoms with Crippen LogP contribution in [0, 0.1) is 11.3 Å². The molecular formula is C14H10BrClN2. The fourth-order valence-electron chi connectivity index (χ4n) is 1.54. The highest BCUT2D eigenvalue weighted by atomic mass is 79.9. The largest absolute Gasteiger partial charge is 0.381 e.